The third-order valence-corrected chi connectivity index (χ3v) is 4.65. The van der Waals surface area contributed by atoms with Crippen molar-refractivity contribution in [3.63, 3.8) is 0 Å². The summed E-state index contributed by atoms with van der Waals surface area (Å²) in [6.07, 6.45) is 2.00. The van der Waals surface area contributed by atoms with E-state index in [0.717, 1.165) is 17.8 Å². The number of hydrogen-bond acceptors (Lipinski definition) is 4. The van der Waals surface area contributed by atoms with E-state index in [-0.39, 0.29) is 17.4 Å². The molecule has 1 fully saturated rings. The first-order valence-electron chi connectivity index (χ1n) is 7.68. The van der Waals surface area contributed by atoms with E-state index in [1.54, 1.807) is 11.3 Å². The number of nitrogens with zero attached hydrogens (tertiary/aromatic N) is 2. The topological polar surface area (TPSA) is 53.4 Å². The highest BCUT2D eigenvalue weighted by molar-refractivity contribution is 7.09. The highest BCUT2D eigenvalue weighted by Crippen LogP contribution is 2.29. The van der Waals surface area contributed by atoms with Crippen LogP contribution in [0.2, 0.25) is 0 Å². The van der Waals surface area contributed by atoms with Gasteiger partial charge in [-0.1, -0.05) is 27.7 Å². The van der Waals surface area contributed by atoms with Gasteiger partial charge in [-0.05, 0) is 24.2 Å². The second kappa shape index (κ2) is 6.44. The number of likely N-dealkylation sites (tertiary alicyclic amines) is 1. The van der Waals surface area contributed by atoms with Gasteiger partial charge in [0, 0.05) is 24.9 Å². The number of amides is 1. The lowest BCUT2D eigenvalue weighted by Crippen LogP contribution is -2.37. The molecule has 1 N–H and O–H groups in total. The number of aliphatic hydroxyl groups is 1. The fraction of sp³-hybridized carbons (Fsp3) is 0.750. The predicted octanol–water partition coefficient (Wildman–Crippen LogP) is 2.96. The summed E-state index contributed by atoms with van der Waals surface area (Å²) in [6.45, 7) is 9.81. The predicted molar refractivity (Wildman–Crippen MR) is 85.6 cm³/mol. The van der Waals surface area contributed by atoms with Crippen LogP contribution in [0, 0.1) is 11.3 Å². The molecular weight excluding hydrogens is 284 g/mol. The van der Waals surface area contributed by atoms with E-state index in [0.29, 0.717) is 31.1 Å². The molecule has 0 bridgehead atoms. The standard InChI is InChI=1S/C16H26N2O2S/c1-11(2)7-14-17-13(9-21-14)15(20)18-6-5-12(19)8-16(3,4)10-18/h9,11-12,19H,5-8,10H2,1-4H3. The summed E-state index contributed by atoms with van der Waals surface area (Å²) in [7, 11) is 0. The molecule has 1 aromatic heterocycles. The van der Waals surface area contributed by atoms with Crippen LogP contribution in [0.3, 0.4) is 0 Å². The average molecular weight is 310 g/mol. The van der Waals surface area contributed by atoms with E-state index in [2.05, 4.69) is 32.7 Å². The molecule has 0 radical (unpaired) electrons. The van der Waals surface area contributed by atoms with E-state index in [1.165, 1.54) is 0 Å². The third kappa shape index (κ3) is 4.51. The summed E-state index contributed by atoms with van der Waals surface area (Å²) < 4.78 is 0. The molecule has 2 rings (SSSR count). The zero-order valence-electron chi connectivity index (χ0n) is 13.4. The molecule has 0 saturated carbocycles. The summed E-state index contributed by atoms with van der Waals surface area (Å²) in [5.74, 6) is 0.551. The van der Waals surface area contributed by atoms with Crippen molar-refractivity contribution in [2.24, 2.45) is 11.3 Å². The Kier molecular flexibility index (Phi) is 5.04. The zero-order chi connectivity index (χ0) is 15.6. The van der Waals surface area contributed by atoms with Crippen LogP contribution in [-0.4, -0.2) is 40.1 Å². The SMILES string of the molecule is CC(C)Cc1nc(C(=O)N2CCC(O)CC(C)(C)C2)cs1. The first-order chi connectivity index (χ1) is 9.77. The number of carbonyl (C=O) groups is 1. The van der Waals surface area contributed by atoms with Gasteiger partial charge in [0.1, 0.15) is 5.69 Å². The van der Waals surface area contributed by atoms with Crippen LogP contribution in [0.4, 0.5) is 0 Å². The van der Waals surface area contributed by atoms with Gasteiger partial charge in [0.25, 0.3) is 5.91 Å². The monoisotopic (exact) mass is 310 g/mol. The molecule has 1 atom stereocenters. The van der Waals surface area contributed by atoms with Gasteiger partial charge < -0.3 is 10.0 Å². The molecular formula is C16H26N2O2S. The second-order valence-electron chi connectivity index (χ2n) is 7.26. The Morgan fingerprint density at radius 3 is 2.95 bits per heavy atom. The van der Waals surface area contributed by atoms with Crippen LogP contribution in [-0.2, 0) is 6.42 Å². The van der Waals surface area contributed by atoms with Gasteiger partial charge in [-0.15, -0.1) is 11.3 Å². The maximum Gasteiger partial charge on any atom is 0.273 e. The van der Waals surface area contributed by atoms with E-state index in [4.69, 9.17) is 0 Å². The first-order valence-corrected chi connectivity index (χ1v) is 8.56. The summed E-state index contributed by atoms with van der Waals surface area (Å²) in [6, 6.07) is 0. The molecule has 118 valence electrons. The molecule has 0 aliphatic carbocycles. The lowest BCUT2D eigenvalue weighted by atomic mass is 9.87. The number of aliphatic hydroxyl groups excluding tert-OH is 1. The van der Waals surface area contributed by atoms with Crippen LogP contribution in [0.5, 0.6) is 0 Å². The first kappa shape index (κ1) is 16.4. The Labute approximate surface area is 131 Å². The number of aromatic nitrogens is 1. The van der Waals surface area contributed by atoms with Gasteiger partial charge >= 0.3 is 0 Å². The van der Waals surface area contributed by atoms with Crippen molar-refractivity contribution in [1.29, 1.82) is 0 Å². The van der Waals surface area contributed by atoms with Crippen molar-refractivity contribution in [3.05, 3.63) is 16.1 Å². The summed E-state index contributed by atoms with van der Waals surface area (Å²) in [5, 5.41) is 12.8. The number of thiazole rings is 1. The second-order valence-corrected chi connectivity index (χ2v) is 8.20. The molecule has 1 amide bonds. The molecule has 0 aromatic carbocycles. The summed E-state index contributed by atoms with van der Waals surface area (Å²) in [5.41, 5.74) is 0.505. The Balaban J connectivity index is 2.09. The quantitative estimate of drug-likeness (QED) is 0.934. The van der Waals surface area contributed by atoms with Gasteiger partial charge in [-0.25, -0.2) is 4.98 Å². The number of hydrogen-bond donors (Lipinski definition) is 1. The minimum Gasteiger partial charge on any atom is -0.393 e. The van der Waals surface area contributed by atoms with Crippen molar-refractivity contribution >= 4 is 17.2 Å². The molecule has 1 unspecified atom stereocenters. The van der Waals surface area contributed by atoms with Crippen molar-refractivity contribution in [1.82, 2.24) is 9.88 Å². The van der Waals surface area contributed by atoms with E-state index in [9.17, 15) is 9.90 Å². The lowest BCUT2D eigenvalue weighted by Gasteiger charge is -2.29. The van der Waals surface area contributed by atoms with Crippen molar-refractivity contribution in [2.75, 3.05) is 13.1 Å². The largest absolute Gasteiger partial charge is 0.393 e. The minimum absolute atomic E-state index is 0.00318. The fourth-order valence-electron chi connectivity index (χ4n) is 2.89. The summed E-state index contributed by atoms with van der Waals surface area (Å²) >= 11 is 1.57. The van der Waals surface area contributed by atoms with Crippen LogP contribution in [0.15, 0.2) is 5.38 Å². The van der Waals surface area contributed by atoms with Gasteiger partial charge in [0.2, 0.25) is 0 Å². The molecule has 0 spiro atoms. The number of rotatable bonds is 3. The van der Waals surface area contributed by atoms with Crippen molar-refractivity contribution in [2.45, 2.75) is 53.1 Å². The third-order valence-electron chi connectivity index (χ3n) is 3.78. The normalized spacial score (nSPS) is 22.4. The van der Waals surface area contributed by atoms with Crippen molar-refractivity contribution in [3.8, 4) is 0 Å². The van der Waals surface area contributed by atoms with Crippen molar-refractivity contribution < 1.29 is 9.90 Å². The van der Waals surface area contributed by atoms with E-state index < -0.39 is 0 Å². The maximum atomic E-state index is 12.6. The minimum atomic E-state index is -0.315. The molecule has 1 aliphatic rings. The van der Waals surface area contributed by atoms with Gasteiger partial charge in [-0.3, -0.25) is 4.79 Å². The Bertz CT molecular complexity index is 496. The van der Waals surface area contributed by atoms with Gasteiger partial charge in [0.15, 0.2) is 0 Å². The Morgan fingerprint density at radius 1 is 1.57 bits per heavy atom. The van der Waals surface area contributed by atoms with E-state index in [1.807, 2.05) is 10.3 Å². The molecule has 5 heteroatoms. The van der Waals surface area contributed by atoms with E-state index >= 15 is 0 Å². The zero-order valence-corrected chi connectivity index (χ0v) is 14.2. The number of carbonyl (C=O) groups excluding carboxylic acids is 1. The molecule has 4 nitrogen and oxygen atoms in total. The Morgan fingerprint density at radius 2 is 2.29 bits per heavy atom. The Hall–Kier alpha value is -0.940. The smallest absolute Gasteiger partial charge is 0.273 e. The van der Waals surface area contributed by atoms with Crippen LogP contribution in [0.25, 0.3) is 0 Å². The highest BCUT2D eigenvalue weighted by atomic mass is 32.1. The maximum absolute atomic E-state index is 12.6. The fourth-order valence-corrected chi connectivity index (χ4v) is 3.87. The van der Waals surface area contributed by atoms with Gasteiger partial charge in [0.05, 0.1) is 11.1 Å². The van der Waals surface area contributed by atoms with Crippen LogP contribution in [0.1, 0.15) is 56.0 Å². The summed E-state index contributed by atoms with van der Waals surface area (Å²) in [4.78, 5) is 19.0. The highest BCUT2D eigenvalue weighted by Gasteiger charge is 2.32. The molecule has 21 heavy (non-hydrogen) atoms. The van der Waals surface area contributed by atoms with Crippen LogP contribution >= 0.6 is 11.3 Å². The molecule has 1 saturated heterocycles. The molecule has 1 aliphatic heterocycles. The molecule has 1 aromatic rings. The average Bonchev–Trinajstić information content (AvgIpc) is 2.74. The lowest BCUT2D eigenvalue weighted by molar-refractivity contribution is 0.0699. The van der Waals surface area contributed by atoms with Gasteiger partial charge in [-0.2, -0.15) is 0 Å². The van der Waals surface area contributed by atoms with Crippen LogP contribution < -0.4 is 0 Å². The molecule has 2 heterocycles.